The van der Waals surface area contributed by atoms with Crippen LogP contribution >= 0.6 is 23.2 Å². The van der Waals surface area contributed by atoms with Gasteiger partial charge in [-0.1, -0.05) is 50.0 Å². The summed E-state index contributed by atoms with van der Waals surface area (Å²) in [6.45, 7) is 7.65. The summed E-state index contributed by atoms with van der Waals surface area (Å²) in [4.78, 5) is 34.1. The number of amides is 2. The van der Waals surface area contributed by atoms with Crippen LogP contribution in [0, 0.1) is 5.41 Å². The van der Waals surface area contributed by atoms with Crippen LogP contribution in [-0.2, 0) is 31.0 Å². The predicted molar refractivity (Wildman–Crippen MR) is 160 cm³/mol. The monoisotopic (exact) mass is 635 g/mol. The number of rotatable bonds is 8. The average molecular weight is 637 g/mol. The Morgan fingerprint density at radius 1 is 1.07 bits per heavy atom. The molecule has 2 N–H and O–H groups in total. The van der Waals surface area contributed by atoms with E-state index in [1.54, 1.807) is 32.2 Å². The van der Waals surface area contributed by atoms with Crippen molar-refractivity contribution in [3.63, 3.8) is 0 Å². The number of aromatic nitrogens is 3. The molecule has 0 atom stereocenters. The molecule has 4 rings (SSSR count). The van der Waals surface area contributed by atoms with E-state index >= 15 is 0 Å². The molecule has 228 valence electrons. The van der Waals surface area contributed by atoms with Gasteiger partial charge < -0.3 is 19.9 Å². The van der Waals surface area contributed by atoms with Crippen molar-refractivity contribution in [3.05, 3.63) is 80.7 Å². The molecule has 0 fully saturated rings. The summed E-state index contributed by atoms with van der Waals surface area (Å²) in [6, 6.07) is 8.19. The van der Waals surface area contributed by atoms with Crippen molar-refractivity contribution in [1.82, 2.24) is 19.9 Å². The molecular weight excluding hydrogens is 606 g/mol. The number of hydrogen-bond donors (Lipinski definition) is 2. The summed E-state index contributed by atoms with van der Waals surface area (Å²) < 4.78 is 47.0. The SMILES string of the molecule is CCOc1cc2c(cc1C(=O)Nc1cc(C(F)(F)F)ccn1)nc(Cc1c(Cl)ccc(CNC(=O)C(C)(C)C)c1Cl)n2C. The third kappa shape index (κ3) is 7.22. The van der Waals surface area contributed by atoms with E-state index in [0.717, 1.165) is 18.3 Å². The molecule has 0 saturated heterocycles. The number of halogens is 5. The van der Waals surface area contributed by atoms with Crippen LogP contribution in [-0.4, -0.2) is 33.0 Å². The molecule has 0 saturated carbocycles. The van der Waals surface area contributed by atoms with E-state index in [0.29, 0.717) is 38.0 Å². The molecule has 2 aromatic heterocycles. The van der Waals surface area contributed by atoms with Gasteiger partial charge in [0.05, 0.1) is 33.8 Å². The van der Waals surface area contributed by atoms with Gasteiger partial charge >= 0.3 is 6.18 Å². The molecule has 0 aliphatic carbocycles. The van der Waals surface area contributed by atoms with Crippen LogP contribution in [0.15, 0.2) is 42.6 Å². The van der Waals surface area contributed by atoms with E-state index in [9.17, 15) is 22.8 Å². The summed E-state index contributed by atoms with van der Waals surface area (Å²) in [7, 11) is 1.79. The van der Waals surface area contributed by atoms with Crippen LogP contribution in [0.2, 0.25) is 10.0 Å². The first-order valence-electron chi connectivity index (χ1n) is 13.3. The van der Waals surface area contributed by atoms with Crippen LogP contribution in [0.5, 0.6) is 5.75 Å². The largest absolute Gasteiger partial charge is 0.493 e. The molecule has 0 aliphatic rings. The van der Waals surface area contributed by atoms with Crippen molar-refractivity contribution in [2.24, 2.45) is 12.5 Å². The van der Waals surface area contributed by atoms with Gasteiger partial charge in [-0.05, 0) is 42.3 Å². The number of anilines is 1. The lowest BCUT2D eigenvalue weighted by atomic mass is 9.95. The minimum atomic E-state index is -4.59. The number of nitrogens with one attached hydrogen (secondary N) is 2. The molecule has 4 aromatic rings. The quantitative estimate of drug-likeness (QED) is 0.213. The second-order valence-corrected chi connectivity index (χ2v) is 11.6. The van der Waals surface area contributed by atoms with E-state index in [1.165, 1.54) is 6.07 Å². The van der Waals surface area contributed by atoms with Gasteiger partial charge in [-0.3, -0.25) is 9.59 Å². The number of ether oxygens (including phenoxy) is 1. The second kappa shape index (κ2) is 12.4. The van der Waals surface area contributed by atoms with Crippen LogP contribution in [0.1, 0.15) is 60.6 Å². The molecule has 0 radical (unpaired) electrons. The lowest BCUT2D eigenvalue weighted by molar-refractivity contribution is -0.137. The Kier molecular flexibility index (Phi) is 9.27. The number of hydrogen-bond acceptors (Lipinski definition) is 5. The molecule has 0 bridgehead atoms. The van der Waals surface area contributed by atoms with Crippen LogP contribution < -0.4 is 15.4 Å². The summed E-state index contributed by atoms with van der Waals surface area (Å²) >= 11 is 13.3. The number of aryl methyl sites for hydroxylation is 1. The molecule has 13 heteroatoms. The predicted octanol–water partition coefficient (Wildman–Crippen LogP) is 7.20. The third-order valence-corrected chi connectivity index (χ3v) is 7.49. The first-order valence-corrected chi connectivity index (χ1v) is 14.1. The zero-order chi connectivity index (χ0) is 31.7. The first-order chi connectivity index (χ1) is 20.1. The standard InChI is InChI=1S/C30H30Cl2F3N5O3/c1-6-43-23-14-22-21(12-19(23)27(41)39-24-11-17(9-10-36-24)30(33,34)35)38-25(40(22)5)13-18-20(31)8-7-16(26(18)32)15-37-28(42)29(2,3)4/h7-12,14H,6,13,15H2,1-5H3,(H,37,42)(H,36,39,41). The number of imidazole rings is 1. The van der Waals surface area contributed by atoms with Gasteiger partial charge in [-0.25, -0.2) is 9.97 Å². The Hall–Kier alpha value is -3.83. The summed E-state index contributed by atoms with van der Waals surface area (Å²) in [5, 5.41) is 6.13. The maximum atomic E-state index is 13.2. The second-order valence-electron chi connectivity index (χ2n) is 10.8. The number of alkyl halides is 3. The lowest BCUT2D eigenvalue weighted by Gasteiger charge is -2.18. The molecule has 0 aliphatic heterocycles. The van der Waals surface area contributed by atoms with Gasteiger partial charge in [-0.2, -0.15) is 13.2 Å². The van der Waals surface area contributed by atoms with Crippen molar-refractivity contribution in [1.29, 1.82) is 0 Å². The van der Waals surface area contributed by atoms with E-state index < -0.39 is 23.1 Å². The average Bonchev–Trinajstić information content (AvgIpc) is 3.23. The molecule has 0 unspecified atom stereocenters. The Bertz CT molecular complexity index is 1700. The first kappa shape index (κ1) is 32.1. The highest BCUT2D eigenvalue weighted by Gasteiger charge is 2.31. The zero-order valence-corrected chi connectivity index (χ0v) is 25.6. The minimum absolute atomic E-state index is 0.0749. The van der Waals surface area contributed by atoms with Crippen molar-refractivity contribution in [3.8, 4) is 5.75 Å². The van der Waals surface area contributed by atoms with Crippen LogP contribution in [0.25, 0.3) is 11.0 Å². The number of nitrogens with zero attached hydrogens (tertiary/aromatic N) is 3. The van der Waals surface area contributed by atoms with Gasteiger partial charge in [0.2, 0.25) is 5.91 Å². The maximum absolute atomic E-state index is 13.2. The number of pyridine rings is 1. The van der Waals surface area contributed by atoms with Gasteiger partial charge in [0, 0.05) is 42.7 Å². The Labute approximate surface area is 256 Å². The normalized spacial score (nSPS) is 12.0. The highest BCUT2D eigenvalue weighted by molar-refractivity contribution is 6.36. The number of carbonyl (C=O) groups is 2. The van der Waals surface area contributed by atoms with E-state index in [-0.39, 0.29) is 42.6 Å². The molecule has 8 nitrogen and oxygen atoms in total. The summed E-state index contributed by atoms with van der Waals surface area (Å²) in [6.07, 6.45) is -3.38. The van der Waals surface area contributed by atoms with Crippen molar-refractivity contribution in [2.75, 3.05) is 11.9 Å². The Morgan fingerprint density at radius 2 is 1.79 bits per heavy atom. The van der Waals surface area contributed by atoms with Crippen molar-refractivity contribution in [2.45, 2.75) is 46.8 Å². The van der Waals surface area contributed by atoms with Gasteiger partial charge in [0.25, 0.3) is 5.91 Å². The highest BCUT2D eigenvalue weighted by Crippen LogP contribution is 2.34. The fraction of sp³-hybridized carbons (Fsp3) is 0.333. The third-order valence-electron chi connectivity index (χ3n) is 6.67. The van der Waals surface area contributed by atoms with Gasteiger partial charge in [0.1, 0.15) is 17.4 Å². The zero-order valence-electron chi connectivity index (χ0n) is 24.1. The molecule has 43 heavy (non-hydrogen) atoms. The minimum Gasteiger partial charge on any atom is -0.493 e. The molecule has 2 aromatic carbocycles. The topological polar surface area (TPSA) is 98.1 Å². The number of benzene rings is 2. The number of carbonyl (C=O) groups excluding carboxylic acids is 2. The molecule has 0 spiro atoms. The van der Waals surface area contributed by atoms with Crippen LogP contribution in [0.3, 0.4) is 0 Å². The Balaban J connectivity index is 1.66. The smallest absolute Gasteiger partial charge is 0.416 e. The van der Waals surface area contributed by atoms with E-state index in [4.69, 9.17) is 32.9 Å². The fourth-order valence-corrected chi connectivity index (χ4v) is 4.85. The van der Waals surface area contributed by atoms with Crippen molar-refractivity contribution >= 4 is 51.9 Å². The summed E-state index contributed by atoms with van der Waals surface area (Å²) in [5.41, 5.74) is 0.976. The molecule has 2 heterocycles. The fourth-order valence-electron chi connectivity index (χ4n) is 4.28. The summed E-state index contributed by atoms with van der Waals surface area (Å²) in [5.74, 6) is -0.285. The number of fused-ring (bicyclic) bond motifs is 1. The van der Waals surface area contributed by atoms with Gasteiger partial charge in [-0.15, -0.1) is 0 Å². The highest BCUT2D eigenvalue weighted by atomic mass is 35.5. The van der Waals surface area contributed by atoms with E-state index in [2.05, 4.69) is 15.6 Å². The molecular formula is C30H30Cl2F3N5O3. The van der Waals surface area contributed by atoms with Crippen LogP contribution in [0.4, 0.5) is 19.0 Å². The van der Waals surface area contributed by atoms with Gasteiger partial charge in [0.15, 0.2) is 0 Å². The molecule has 2 amide bonds. The van der Waals surface area contributed by atoms with Crippen molar-refractivity contribution < 1.29 is 27.5 Å². The lowest BCUT2D eigenvalue weighted by Crippen LogP contribution is -2.34. The van der Waals surface area contributed by atoms with E-state index in [1.807, 2.05) is 25.3 Å². The maximum Gasteiger partial charge on any atom is 0.416 e. The Morgan fingerprint density at radius 3 is 2.44 bits per heavy atom.